The monoisotopic (exact) mass is 375 g/mol. The largest absolute Gasteiger partial charge is 0.350 e. The molecule has 1 fully saturated rings. The average molecular weight is 376 g/mol. The van der Waals surface area contributed by atoms with Crippen LogP contribution in [0.2, 0.25) is 0 Å². The number of hydrogen-bond donors (Lipinski definition) is 2. The van der Waals surface area contributed by atoms with Crippen molar-refractivity contribution in [1.29, 1.82) is 0 Å². The lowest BCUT2D eigenvalue weighted by atomic mass is 10.2. The molecule has 1 aliphatic rings. The number of hydrogen-bond acceptors (Lipinski definition) is 4. The highest BCUT2D eigenvalue weighted by molar-refractivity contribution is 7.89. The molecule has 0 bridgehead atoms. The van der Waals surface area contributed by atoms with E-state index >= 15 is 0 Å². The van der Waals surface area contributed by atoms with Crippen molar-refractivity contribution in [2.45, 2.75) is 43.7 Å². The molecule has 0 radical (unpaired) electrons. The van der Waals surface area contributed by atoms with Gasteiger partial charge in [0.2, 0.25) is 10.0 Å². The number of nitrogens with one attached hydrogen (secondary N) is 2. The topological polar surface area (TPSA) is 78.5 Å². The predicted molar refractivity (Wildman–Crippen MR) is 97.1 cm³/mol. The maximum Gasteiger partial charge on any atom is 0.251 e. The second-order valence-corrected chi connectivity index (χ2v) is 8.14. The smallest absolute Gasteiger partial charge is 0.251 e. The van der Waals surface area contributed by atoms with Crippen LogP contribution in [0.15, 0.2) is 29.2 Å². The molecule has 1 heterocycles. The maximum absolute atomic E-state index is 12.5. The summed E-state index contributed by atoms with van der Waals surface area (Å²) in [6.45, 7) is 5.16. The van der Waals surface area contributed by atoms with Crippen molar-refractivity contribution in [2.24, 2.45) is 0 Å². The Morgan fingerprint density at radius 2 is 2.12 bits per heavy atom. The molecule has 2 N–H and O–H groups in total. The van der Waals surface area contributed by atoms with E-state index in [-0.39, 0.29) is 29.3 Å². The van der Waals surface area contributed by atoms with Crippen LogP contribution < -0.4 is 10.6 Å². The van der Waals surface area contributed by atoms with Gasteiger partial charge >= 0.3 is 0 Å². The number of nitrogens with zero attached hydrogens (tertiary/aromatic N) is 1. The third-order valence-corrected chi connectivity index (χ3v) is 6.20. The zero-order valence-electron chi connectivity index (χ0n) is 14.3. The van der Waals surface area contributed by atoms with Crippen LogP contribution in [0.3, 0.4) is 0 Å². The quantitative estimate of drug-likeness (QED) is 0.791. The van der Waals surface area contributed by atoms with Gasteiger partial charge < -0.3 is 10.6 Å². The lowest BCUT2D eigenvalue weighted by molar-refractivity contribution is 0.0950. The van der Waals surface area contributed by atoms with E-state index in [2.05, 4.69) is 10.6 Å². The Labute approximate surface area is 150 Å². The van der Waals surface area contributed by atoms with E-state index in [0.717, 1.165) is 19.4 Å². The summed E-state index contributed by atoms with van der Waals surface area (Å²) in [5, 5.41) is 6.17. The first-order valence-electron chi connectivity index (χ1n) is 7.92. The van der Waals surface area contributed by atoms with Gasteiger partial charge in [-0.2, -0.15) is 4.31 Å². The van der Waals surface area contributed by atoms with Crippen molar-refractivity contribution in [3.05, 3.63) is 29.8 Å². The Hall–Kier alpha value is -1.15. The Morgan fingerprint density at radius 3 is 2.71 bits per heavy atom. The van der Waals surface area contributed by atoms with E-state index in [9.17, 15) is 13.2 Å². The summed E-state index contributed by atoms with van der Waals surface area (Å²) in [5.74, 6) is -0.247. The lowest BCUT2D eigenvalue weighted by Crippen LogP contribution is -2.37. The molecule has 1 amide bonds. The molecular weight excluding hydrogens is 350 g/mol. The fourth-order valence-electron chi connectivity index (χ4n) is 2.49. The van der Waals surface area contributed by atoms with Crippen LogP contribution in [-0.2, 0) is 10.0 Å². The van der Waals surface area contributed by atoms with E-state index in [0.29, 0.717) is 18.2 Å². The SMILES string of the molecule is CC(C)N(C)S(=O)(=O)c1cccc(C(=O)NCC2CCCN2)c1.Cl. The van der Waals surface area contributed by atoms with Crippen LogP contribution in [-0.4, -0.2) is 50.9 Å². The van der Waals surface area contributed by atoms with Crippen LogP contribution in [0.5, 0.6) is 0 Å². The number of benzene rings is 1. The minimum Gasteiger partial charge on any atom is -0.350 e. The van der Waals surface area contributed by atoms with Crippen LogP contribution in [0.4, 0.5) is 0 Å². The van der Waals surface area contributed by atoms with E-state index in [1.807, 2.05) is 13.8 Å². The third-order valence-electron chi connectivity index (χ3n) is 4.17. The average Bonchev–Trinajstić information content (AvgIpc) is 3.05. The molecule has 0 saturated carbocycles. The molecule has 1 atom stereocenters. The van der Waals surface area contributed by atoms with Crippen molar-refractivity contribution in [3.8, 4) is 0 Å². The second-order valence-electron chi connectivity index (χ2n) is 6.15. The van der Waals surface area contributed by atoms with E-state index in [1.54, 1.807) is 19.2 Å². The lowest BCUT2D eigenvalue weighted by Gasteiger charge is -2.21. The van der Waals surface area contributed by atoms with Gasteiger partial charge in [-0.25, -0.2) is 8.42 Å². The number of amides is 1. The zero-order valence-corrected chi connectivity index (χ0v) is 15.9. The number of sulfonamides is 1. The van der Waals surface area contributed by atoms with Gasteiger partial charge in [0.25, 0.3) is 5.91 Å². The summed E-state index contributed by atoms with van der Waals surface area (Å²) >= 11 is 0. The highest BCUT2D eigenvalue weighted by atomic mass is 35.5. The zero-order chi connectivity index (χ0) is 17.0. The third kappa shape index (κ3) is 4.92. The van der Waals surface area contributed by atoms with Crippen molar-refractivity contribution < 1.29 is 13.2 Å². The first-order valence-corrected chi connectivity index (χ1v) is 9.36. The van der Waals surface area contributed by atoms with Crippen LogP contribution >= 0.6 is 12.4 Å². The maximum atomic E-state index is 12.5. The summed E-state index contributed by atoms with van der Waals surface area (Å²) < 4.78 is 26.3. The van der Waals surface area contributed by atoms with Crippen LogP contribution in [0.1, 0.15) is 37.0 Å². The number of rotatable bonds is 6. The summed E-state index contributed by atoms with van der Waals surface area (Å²) in [4.78, 5) is 12.4. The molecule has 1 saturated heterocycles. The van der Waals surface area contributed by atoms with Gasteiger partial charge in [-0.1, -0.05) is 6.07 Å². The molecule has 1 unspecified atom stereocenters. The number of halogens is 1. The van der Waals surface area contributed by atoms with E-state index in [1.165, 1.54) is 16.4 Å². The normalized spacial score (nSPS) is 17.8. The fourth-order valence-corrected chi connectivity index (χ4v) is 3.90. The van der Waals surface area contributed by atoms with Crippen molar-refractivity contribution in [2.75, 3.05) is 20.1 Å². The summed E-state index contributed by atoms with van der Waals surface area (Å²) in [5.41, 5.74) is 0.362. The molecule has 1 aromatic carbocycles. The minimum atomic E-state index is -3.58. The molecule has 0 aliphatic carbocycles. The van der Waals surface area contributed by atoms with Gasteiger partial charge in [0, 0.05) is 31.2 Å². The first-order chi connectivity index (χ1) is 10.8. The molecule has 1 aromatic rings. The highest BCUT2D eigenvalue weighted by Crippen LogP contribution is 2.18. The molecule has 8 heteroatoms. The van der Waals surface area contributed by atoms with Gasteiger partial charge in [-0.3, -0.25) is 4.79 Å². The molecule has 2 rings (SSSR count). The Bertz CT molecular complexity index is 658. The van der Waals surface area contributed by atoms with Crippen molar-refractivity contribution in [3.63, 3.8) is 0 Å². The highest BCUT2D eigenvalue weighted by Gasteiger charge is 2.24. The van der Waals surface area contributed by atoms with E-state index < -0.39 is 10.0 Å². The Balaban J connectivity index is 0.00000288. The van der Waals surface area contributed by atoms with Crippen molar-refractivity contribution >= 4 is 28.3 Å². The van der Waals surface area contributed by atoms with Crippen molar-refractivity contribution in [1.82, 2.24) is 14.9 Å². The molecular formula is C16H26ClN3O3S. The van der Waals surface area contributed by atoms with E-state index in [4.69, 9.17) is 0 Å². The standard InChI is InChI=1S/C16H25N3O3S.ClH/c1-12(2)19(3)23(21,22)15-8-4-6-13(10-15)16(20)18-11-14-7-5-9-17-14;/h4,6,8,10,12,14,17H,5,7,9,11H2,1-3H3,(H,18,20);1H. The molecule has 1 aliphatic heterocycles. The molecule has 6 nitrogen and oxygen atoms in total. The van der Waals surface area contributed by atoms with Crippen LogP contribution in [0, 0.1) is 0 Å². The second kappa shape index (κ2) is 8.80. The fraction of sp³-hybridized carbons (Fsp3) is 0.562. The van der Waals surface area contributed by atoms with Gasteiger partial charge in [0.15, 0.2) is 0 Å². The Kier molecular flexibility index (Phi) is 7.66. The summed E-state index contributed by atoms with van der Waals surface area (Å²) in [6, 6.07) is 6.34. The molecule has 0 aromatic heterocycles. The number of carbonyl (C=O) groups excluding carboxylic acids is 1. The molecule has 0 spiro atoms. The number of carbonyl (C=O) groups is 1. The van der Waals surface area contributed by atoms with Gasteiger partial charge in [-0.15, -0.1) is 12.4 Å². The predicted octanol–water partition coefficient (Wildman–Crippen LogP) is 1.62. The Morgan fingerprint density at radius 1 is 1.42 bits per heavy atom. The summed E-state index contributed by atoms with van der Waals surface area (Å²) in [6.07, 6.45) is 2.17. The minimum absolute atomic E-state index is 0. The first kappa shape index (κ1) is 20.9. The summed E-state index contributed by atoms with van der Waals surface area (Å²) in [7, 11) is -2.04. The van der Waals surface area contributed by atoms with Gasteiger partial charge in [-0.05, 0) is 51.4 Å². The van der Waals surface area contributed by atoms with Gasteiger partial charge in [0.1, 0.15) is 0 Å². The van der Waals surface area contributed by atoms with Crippen LogP contribution in [0.25, 0.3) is 0 Å². The molecule has 136 valence electrons. The van der Waals surface area contributed by atoms with Gasteiger partial charge in [0.05, 0.1) is 4.90 Å². The molecule has 24 heavy (non-hydrogen) atoms.